The van der Waals surface area contributed by atoms with Crippen LogP contribution in [0.5, 0.6) is 0 Å². The van der Waals surface area contributed by atoms with Gasteiger partial charge in [-0.25, -0.2) is 4.98 Å². The fraction of sp³-hybridized carbons (Fsp3) is 0.429. The van der Waals surface area contributed by atoms with Crippen LogP contribution in [0.15, 0.2) is 58.6 Å². The fourth-order valence-electron chi connectivity index (χ4n) is 4.46. The van der Waals surface area contributed by atoms with Crippen molar-refractivity contribution in [2.75, 3.05) is 0 Å². The molecule has 2 atom stereocenters. The van der Waals surface area contributed by atoms with Gasteiger partial charge in [0.15, 0.2) is 0 Å². The van der Waals surface area contributed by atoms with Gasteiger partial charge in [-0.3, -0.25) is 4.79 Å². The number of carbonyl (C=O) groups excluding carboxylic acids is 1. The van der Waals surface area contributed by atoms with Crippen LogP contribution < -0.4 is 11.1 Å². The van der Waals surface area contributed by atoms with Gasteiger partial charge in [-0.05, 0) is 73.9 Å². The highest BCUT2D eigenvalue weighted by atomic mass is 32.2. The Hall–Kier alpha value is -1.85. The molecule has 2 fully saturated rings. The first kappa shape index (κ1) is 17.6. The van der Waals surface area contributed by atoms with Gasteiger partial charge in [-0.1, -0.05) is 24.2 Å². The molecule has 2 aliphatic rings. The van der Waals surface area contributed by atoms with Gasteiger partial charge in [0.25, 0.3) is 5.91 Å². The van der Waals surface area contributed by atoms with Crippen LogP contribution >= 0.6 is 11.8 Å². The van der Waals surface area contributed by atoms with Crippen molar-refractivity contribution in [2.24, 2.45) is 17.6 Å². The molecule has 2 aliphatic carbocycles. The minimum Gasteiger partial charge on any atom is -0.349 e. The van der Waals surface area contributed by atoms with E-state index in [1.54, 1.807) is 18.0 Å². The van der Waals surface area contributed by atoms with Crippen LogP contribution in [0.3, 0.4) is 0 Å². The summed E-state index contributed by atoms with van der Waals surface area (Å²) in [6.07, 6.45) is 7.52. The minimum atomic E-state index is 0.0387. The first-order valence-corrected chi connectivity index (χ1v) is 10.3. The lowest BCUT2D eigenvalue weighted by atomic mass is 9.67. The zero-order valence-electron chi connectivity index (χ0n) is 14.8. The summed E-state index contributed by atoms with van der Waals surface area (Å²) in [6, 6.07) is 14.3. The van der Waals surface area contributed by atoms with E-state index >= 15 is 0 Å². The SMILES string of the molecule is NC1CC2CCCC(C1)C2NC(=O)c1ccc(Sc2ccccn2)cc1. The second kappa shape index (κ2) is 7.80. The average Bonchev–Trinajstić information content (AvgIpc) is 2.64. The van der Waals surface area contributed by atoms with Gasteiger partial charge >= 0.3 is 0 Å². The molecule has 4 rings (SSSR count). The molecule has 2 saturated carbocycles. The van der Waals surface area contributed by atoms with E-state index in [1.807, 2.05) is 42.5 Å². The lowest BCUT2D eigenvalue weighted by molar-refractivity contribution is 0.0756. The Balaban J connectivity index is 1.40. The molecule has 1 amide bonds. The summed E-state index contributed by atoms with van der Waals surface area (Å²) >= 11 is 1.60. The van der Waals surface area contributed by atoms with Crippen molar-refractivity contribution in [2.45, 2.75) is 54.1 Å². The van der Waals surface area contributed by atoms with Crippen LogP contribution in [0.25, 0.3) is 0 Å². The zero-order valence-corrected chi connectivity index (χ0v) is 15.6. The van der Waals surface area contributed by atoms with Gasteiger partial charge in [0.1, 0.15) is 5.03 Å². The Labute approximate surface area is 159 Å². The van der Waals surface area contributed by atoms with Gasteiger partial charge in [0.05, 0.1) is 0 Å². The third kappa shape index (κ3) is 3.94. The number of fused-ring (bicyclic) bond motifs is 2. The Bertz CT molecular complexity index is 736. The summed E-state index contributed by atoms with van der Waals surface area (Å²) in [6.45, 7) is 0. The van der Waals surface area contributed by atoms with Crippen molar-refractivity contribution >= 4 is 17.7 Å². The van der Waals surface area contributed by atoms with E-state index in [0.717, 1.165) is 28.3 Å². The number of hydrogen-bond donors (Lipinski definition) is 2. The average molecular weight is 368 g/mol. The van der Waals surface area contributed by atoms with Crippen molar-refractivity contribution < 1.29 is 4.79 Å². The molecule has 0 radical (unpaired) electrons. The number of rotatable bonds is 4. The van der Waals surface area contributed by atoms with Crippen LogP contribution in [-0.4, -0.2) is 23.0 Å². The molecule has 0 aliphatic heterocycles. The topological polar surface area (TPSA) is 68.0 Å². The van der Waals surface area contributed by atoms with Gasteiger partial charge in [-0.2, -0.15) is 0 Å². The maximum absolute atomic E-state index is 12.7. The molecule has 1 heterocycles. The first-order chi connectivity index (χ1) is 12.7. The summed E-state index contributed by atoms with van der Waals surface area (Å²) in [7, 11) is 0. The number of amides is 1. The molecule has 3 N–H and O–H groups in total. The second-order valence-corrected chi connectivity index (χ2v) is 8.57. The van der Waals surface area contributed by atoms with Crippen LogP contribution in [0.1, 0.15) is 42.5 Å². The van der Waals surface area contributed by atoms with E-state index in [-0.39, 0.29) is 5.91 Å². The highest BCUT2D eigenvalue weighted by Gasteiger charge is 2.39. The molecule has 0 spiro atoms. The number of hydrogen-bond acceptors (Lipinski definition) is 4. The monoisotopic (exact) mass is 367 g/mol. The van der Waals surface area contributed by atoms with Crippen LogP contribution in [-0.2, 0) is 0 Å². The van der Waals surface area contributed by atoms with Crippen molar-refractivity contribution in [3.8, 4) is 0 Å². The summed E-state index contributed by atoms with van der Waals surface area (Å²) < 4.78 is 0. The third-order valence-electron chi connectivity index (χ3n) is 5.65. The summed E-state index contributed by atoms with van der Waals surface area (Å²) in [5.74, 6) is 1.12. The van der Waals surface area contributed by atoms with Crippen molar-refractivity contribution in [1.29, 1.82) is 0 Å². The number of benzene rings is 1. The highest BCUT2D eigenvalue weighted by Crippen LogP contribution is 2.39. The Morgan fingerprint density at radius 2 is 1.81 bits per heavy atom. The molecule has 2 bridgehead atoms. The fourth-order valence-corrected chi connectivity index (χ4v) is 5.24. The molecule has 4 nitrogen and oxygen atoms in total. The minimum absolute atomic E-state index is 0.0387. The van der Waals surface area contributed by atoms with E-state index in [1.165, 1.54) is 19.3 Å². The lowest BCUT2D eigenvalue weighted by Crippen LogP contribution is -2.53. The van der Waals surface area contributed by atoms with Crippen LogP contribution in [0.4, 0.5) is 0 Å². The number of nitrogens with two attached hydrogens (primary N) is 1. The number of nitrogens with one attached hydrogen (secondary N) is 1. The predicted octanol–water partition coefficient (Wildman–Crippen LogP) is 3.87. The zero-order chi connectivity index (χ0) is 17.9. The molecule has 5 heteroatoms. The number of nitrogens with zero attached hydrogens (tertiary/aromatic N) is 1. The Morgan fingerprint density at radius 3 is 2.46 bits per heavy atom. The maximum atomic E-state index is 12.7. The molecule has 26 heavy (non-hydrogen) atoms. The smallest absolute Gasteiger partial charge is 0.251 e. The Kier molecular flexibility index (Phi) is 5.27. The van der Waals surface area contributed by atoms with Crippen molar-refractivity contribution in [1.82, 2.24) is 10.3 Å². The quantitative estimate of drug-likeness (QED) is 0.861. The van der Waals surface area contributed by atoms with Crippen LogP contribution in [0.2, 0.25) is 0 Å². The number of pyridine rings is 1. The Morgan fingerprint density at radius 1 is 1.08 bits per heavy atom. The molecule has 136 valence electrons. The molecule has 1 aromatic heterocycles. The van der Waals surface area contributed by atoms with Gasteiger partial charge in [0, 0.05) is 28.7 Å². The van der Waals surface area contributed by atoms with Gasteiger partial charge in [0.2, 0.25) is 0 Å². The summed E-state index contributed by atoms with van der Waals surface area (Å²) in [5, 5.41) is 4.27. The highest BCUT2D eigenvalue weighted by molar-refractivity contribution is 7.99. The molecular formula is C21H25N3OS. The van der Waals surface area contributed by atoms with Gasteiger partial charge in [-0.15, -0.1) is 0 Å². The van der Waals surface area contributed by atoms with Gasteiger partial charge < -0.3 is 11.1 Å². The van der Waals surface area contributed by atoms with E-state index in [4.69, 9.17) is 5.73 Å². The standard InChI is InChI=1S/C21H25N3OS/c22-17-12-15-4-3-5-16(13-17)20(15)24-21(25)14-7-9-18(10-8-14)26-19-6-1-2-11-23-19/h1-2,6-11,15-17,20H,3-5,12-13,22H2,(H,24,25). The molecule has 1 aromatic carbocycles. The first-order valence-electron chi connectivity index (χ1n) is 9.44. The second-order valence-electron chi connectivity index (χ2n) is 7.48. The molecule has 2 unspecified atom stereocenters. The van der Waals surface area contributed by atoms with E-state index < -0.39 is 0 Å². The largest absolute Gasteiger partial charge is 0.349 e. The normalized spacial score (nSPS) is 27.7. The van der Waals surface area contributed by atoms with Crippen LogP contribution in [0, 0.1) is 11.8 Å². The summed E-state index contributed by atoms with van der Waals surface area (Å²) in [5.41, 5.74) is 6.91. The predicted molar refractivity (Wildman–Crippen MR) is 104 cm³/mol. The van der Waals surface area contributed by atoms with E-state index in [2.05, 4.69) is 10.3 Å². The number of carbonyl (C=O) groups is 1. The van der Waals surface area contributed by atoms with Crippen molar-refractivity contribution in [3.63, 3.8) is 0 Å². The van der Waals surface area contributed by atoms with E-state index in [9.17, 15) is 4.79 Å². The van der Waals surface area contributed by atoms with Crippen molar-refractivity contribution in [3.05, 3.63) is 54.2 Å². The van der Waals surface area contributed by atoms with E-state index in [0.29, 0.717) is 23.9 Å². The lowest BCUT2D eigenvalue weighted by Gasteiger charge is -2.45. The molecule has 2 aromatic rings. The number of aromatic nitrogens is 1. The molecular weight excluding hydrogens is 342 g/mol. The maximum Gasteiger partial charge on any atom is 0.251 e. The molecule has 0 saturated heterocycles. The third-order valence-corrected chi connectivity index (χ3v) is 6.61. The summed E-state index contributed by atoms with van der Waals surface area (Å²) in [4.78, 5) is 18.1.